The fourth-order valence-corrected chi connectivity index (χ4v) is 2.19. The standard InChI is InChI=1S/C15H12ClNO4/c16-10-2-3-11(12(18)6-10)15(19)17-7-9-1-4-13-14(5-9)21-8-20-13/h1-6,18H,7-8H2,(H,17,19). The largest absolute Gasteiger partial charge is 0.507 e. The second-order valence-corrected chi connectivity index (χ2v) is 4.97. The number of halogens is 1. The number of hydrogen-bond acceptors (Lipinski definition) is 4. The van der Waals surface area contributed by atoms with Crippen molar-refractivity contribution in [3.05, 3.63) is 52.5 Å². The Hall–Kier alpha value is -2.40. The number of nitrogens with one attached hydrogen (secondary N) is 1. The molecule has 0 saturated heterocycles. The lowest BCUT2D eigenvalue weighted by Gasteiger charge is -2.08. The predicted octanol–water partition coefficient (Wildman–Crippen LogP) is 2.70. The number of carbonyl (C=O) groups excluding carboxylic acids is 1. The summed E-state index contributed by atoms with van der Waals surface area (Å²) in [6, 6.07) is 9.81. The number of amides is 1. The molecule has 21 heavy (non-hydrogen) atoms. The number of phenols is 1. The molecular weight excluding hydrogens is 294 g/mol. The predicted molar refractivity (Wildman–Crippen MR) is 76.9 cm³/mol. The molecule has 3 rings (SSSR count). The minimum Gasteiger partial charge on any atom is -0.507 e. The Morgan fingerprint density at radius 2 is 2.00 bits per heavy atom. The van der Waals surface area contributed by atoms with Crippen molar-refractivity contribution in [2.24, 2.45) is 0 Å². The number of carbonyl (C=O) groups is 1. The first-order valence-electron chi connectivity index (χ1n) is 6.29. The van der Waals surface area contributed by atoms with E-state index in [1.165, 1.54) is 12.1 Å². The van der Waals surface area contributed by atoms with Crippen LogP contribution in [0.5, 0.6) is 17.2 Å². The van der Waals surface area contributed by atoms with Crippen LogP contribution in [0.25, 0.3) is 0 Å². The lowest BCUT2D eigenvalue weighted by Crippen LogP contribution is -2.22. The van der Waals surface area contributed by atoms with Gasteiger partial charge in [0, 0.05) is 11.6 Å². The highest BCUT2D eigenvalue weighted by Gasteiger charge is 2.14. The molecule has 0 atom stereocenters. The molecule has 0 spiro atoms. The molecule has 0 radical (unpaired) electrons. The zero-order valence-electron chi connectivity index (χ0n) is 10.9. The lowest BCUT2D eigenvalue weighted by atomic mass is 10.1. The van der Waals surface area contributed by atoms with Gasteiger partial charge in [0.2, 0.25) is 6.79 Å². The van der Waals surface area contributed by atoms with Crippen molar-refractivity contribution >= 4 is 17.5 Å². The summed E-state index contributed by atoms with van der Waals surface area (Å²) in [4.78, 5) is 12.0. The first-order chi connectivity index (χ1) is 10.1. The van der Waals surface area contributed by atoms with Crippen LogP contribution in [0.3, 0.4) is 0 Å². The van der Waals surface area contributed by atoms with E-state index >= 15 is 0 Å². The van der Waals surface area contributed by atoms with Crippen LogP contribution in [-0.4, -0.2) is 17.8 Å². The summed E-state index contributed by atoms with van der Waals surface area (Å²) in [6.07, 6.45) is 0. The normalized spacial score (nSPS) is 12.2. The molecule has 1 amide bonds. The maximum Gasteiger partial charge on any atom is 0.255 e. The maximum absolute atomic E-state index is 12.0. The van der Waals surface area contributed by atoms with Gasteiger partial charge in [-0.05, 0) is 35.9 Å². The van der Waals surface area contributed by atoms with Crippen LogP contribution in [0, 0.1) is 0 Å². The molecule has 6 heteroatoms. The maximum atomic E-state index is 12.0. The van der Waals surface area contributed by atoms with Crippen molar-refractivity contribution < 1.29 is 19.4 Å². The molecule has 2 aromatic rings. The fourth-order valence-electron chi connectivity index (χ4n) is 2.03. The van der Waals surface area contributed by atoms with E-state index in [9.17, 15) is 9.90 Å². The minimum atomic E-state index is -0.373. The van der Waals surface area contributed by atoms with Crippen molar-refractivity contribution in [1.29, 1.82) is 0 Å². The molecule has 0 bridgehead atoms. The highest BCUT2D eigenvalue weighted by atomic mass is 35.5. The van der Waals surface area contributed by atoms with Gasteiger partial charge in [0.25, 0.3) is 5.91 Å². The van der Waals surface area contributed by atoms with E-state index in [1.54, 1.807) is 12.1 Å². The molecule has 0 unspecified atom stereocenters. The summed E-state index contributed by atoms with van der Waals surface area (Å²) in [7, 11) is 0. The third-order valence-electron chi connectivity index (χ3n) is 3.09. The molecule has 1 aliphatic rings. The highest BCUT2D eigenvalue weighted by Crippen LogP contribution is 2.32. The average molecular weight is 306 g/mol. The van der Waals surface area contributed by atoms with E-state index in [0.717, 1.165) is 5.56 Å². The Kier molecular flexibility index (Phi) is 3.58. The monoisotopic (exact) mass is 305 g/mol. The first-order valence-corrected chi connectivity index (χ1v) is 6.66. The van der Waals surface area contributed by atoms with Crippen LogP contribution in [0.4, 0.5) is 0 Å². The minimum absolute atomic E-state index is 0.148. The van der Waals surface area contributed by atoms with Gasteiger partial charge in [-0.3, -0.25) is 4.79 Å². The number of rotatable bonds is 3. The molecule has 1 heterocycles. The van der Waals surface area contributed by atoms with Gasteiger partial charge in [0.1, 0.15) is 5.75 Å². The van der Waals surface area contributed by atoms with Crippen LogP contribution in [0.2, 0.25) is 5.02 Å². The zero-order valence-corrected chi connectivity index (χ0v) is 11.7. The Labute approximate surface area is 126 Å². The van der Waals surface area contributed by atoms with Gasteiger partial charge in [-0.2, -0.15) is 0 Å². The van der Waals surface area contributed by atoms with Gasteiger partial charge in [-0.25, -0.2) is 0 Å². The number of hydrogen-bond donors (Lipinski definition) is 2. The molecule has 2 aromatic carbocycles. The summed E-state index contributed by atoms with van der Waals surface area (Å²) >= 11 is 5.73. The van der Waals surface area contributed by atoms with Gasteiger partial charge >= 0.3 is 0 Å². The Morgan fingerprint density at radius 3 is 2.81 bits per heavy atom. The summed E-state index contributed by atoms with van der Waals surface area (Å²) in [5, 5.41) is 12.8. The Morgan fingerprint density at radius 1 is 1.19 bits per heavy atom. The third-order valence-corrected chi connectivity index (χ3v) is 3.33. The molecular formula is C15H12ClNO4. The fraction of sp³-hybridized carbons (Fsp3) is 0.133. The third kappa shape index (κ3) is 2.87. The first kappa shape index (κ1) is 13.6. The van der Waals surface area contributed by atoms with Crippen LogP contribution in [0.15, 0.2) is 36.4 Å². The van der Waals surface area contributed by atoms with E-state index in [-0.39, 0.29) is 24.0 Å². The summed E-state index contributed by atoms with van der Waals surface area (Å²) in [5.74, 6) is 0.837. The molecule has 1 aliphatic heterocycles. The molecule has 2 N–H and O–H groups in total. The smallest absolute Gasteiger partial charge is 0.255 e. The van der Waals surface area contributed by atoms with E-state index in [1.807, 2.05) is 12.1 Å². The zero-order chi connectivity index (χ0) is 14.8. The van der Waals surface area contributed by atoms with Crippen LogP contribution >= 0.6 is 11.6 Å². The average Bonchev–Trinajstić information content (AvgIpc) is 2.92. The van der Waals surface area contributed by atoms with Crippen LogP contribution in [0.1, 0.15) is 15.9 Å². The number of ether oxygens (including phenoxy) is 2. The summed E-state index contributed by atoms with van der Waals surface area (Å²) < 4.78 is 10.5. The SMILES string of the molecule is O=C(NCc1ccc2c(c1)OCO2)c1ccc(Cl)cc1O. The molecule has 0 saturated carbocycles. The van der Waals surface area contributed by atoms with Crippen molar-refractivity contribution in [1.82, 2.24) is 5.32 Å². The summed E-state index contributed by atoms with van der Waals surface area (Å²) in [6.45, 7) is 0.529. The van der Waals surface area contributed by atoms with Gasteiger partial charge < -0.3 is 19.9 Å². The van der Waals surface area contributed by atoms with Crippen LogP contribution in [-0.2, 0) is 6.54 Å². The molecule has 0 fully saturated rings. The summed E-state index contributed by atoms with van der Waals surface area (Å²) in [5.41, 5.74) is 1.06. The number of fused-ring (bicyclic) bond motifs is 1. The van der Waals surface area contributed by atoms with Gasteiger partial charge in [0.15, 0.2) is 11.5 Å². The molecule has 5 nitrogen and oxygen atoms in total. The Bertz CT molecular complexity index is 702. The second-order valence-electron chi connectivity index (χ2n) is 4.53. The lowest BCUT2D eigenvalue weighted by molar-refractivity contribution is 0.0948. The molecule has 0 aliphatic carbocycles. The van der Waals surface area contributed by atoms with Gasteiger partial charge in [0.05, 0.1) is 5.56 Å². The van der Waals surface area contributed by atoms with Gasteiger partial charge in [-0.1, -0.05) is 17.7 Å². The number of benzene rings is 2. The van der Waals surface area contributed by atoms with E-state index in [0.29, 0.717) is 23.1 Å². The quantitative estimate of drug-likeness (QED) is 0.915. The molecule has 0 aromatic heterocycles. The molecule has 108 valence electrons. The topological polar surface area (TPSA) is 67.8 Å². The van der Waals surface area contributed by atoms with Gasteiger partial charge in [-0.15, -0.1) is 0 Å². The van der Waals surface area contributed by atoms with Crippen LogP contribution < -0.4 is 14.8 Å². The number of aromatic hydroxyl groups is 1. The van der Waals surface area contributed by atoms with E-state index < -0.39 is 0 Å². The van der Waals surface area contributed by atoms with E-state index in [4.69, 9.17) is 21.1 Å². The number of phenolic OH excluding ortho intramolecular Hbond substituents is 1. The Balaban J connectivity index is 1.68. The van der Waals surface area contributed by atoms with Crippen molar-refractivity contribution in [2.45, 2.75) is 6.54 Å². The highest BCUT2D eigenvalue weighted by molar-refractivity contribution is 6.30. The van der Waals surface area contributed by atoms with Crippen molar-refractivity contribution in [3.8, 4) is 17.2 Å². The van der Waals surface area contributed by atoms with E-state index in [2.05, 4.69) is 5.32 Å². The van der Waals surface area contributed by atoms with Crippen molar-refractivity contribution in [2.75, 3.05) is 6.79 Å². The second kappa shape index (κ2) is 5.54. The van der Waals surface area contributed by atoms with Crippen molar-refractivity contribution in [3.63, 3.8) is 0 Å².